The van der Waals surface area contributed by atoms with Crippen LogP contribution in [-0.4, -0.2) is 18.9 Å². The number of unbranched alkanes of at least 4 members (excludes halogenated alkanes) is 3. The fourth-order valence-electron chi connectivity index (χ4n) is 0.878. The number of carbonyl (C=O) groups is 1. The Morgan fingerprint density at radius 2 is 2.08 bits per heavy atom. The third-order valence-electron chi connectivity index (χ3n) is 1.54. The van der Waals surface area contributed by atoms with Crippen molar-refractivity contribution >= 4 is 5.91 Å². The van der Waals surface area contributed by atoms with Crippen molar-refractivity contribution in [3.8, 4) is 0 Å². The van der Waals surface area contributed by atoms with Gasteiger partial charge in [0.2, 0.25) is 5.91 Å². The van der Waals surface area contributed by atoms with E-state index < -0.39 is 12.4 Å². The van der Waals surface area contributed by atoms with Gasteiger partial charge in [-0.05, 0) is 12.9 Å². The van der Waals surface area contributed by atoms with Gasteiger partial charge in [0.1, 0.15) is 0 Å². The van der Waals surface area contributed by atoms with Crippen molar-refractivity contribution in [2.75, 3.05) is 13.0 Å². The molecule has 0 saturated carbocycles. The molecule has 0 unspecified atom stereocenters. The van der Waals surface area contributed by atoms with Gasteiger partial charge in [-0.3, -0.25) is 4.79 Å². The zero-order valence-electron chi connectivity index (χ0n) is 9.73. The van der Waals surface area contributed by atoms with E-state index >= 15 is 0 Å². The van der Waals surface area contributed by atoms with Gasteiger partial charge in [0.15, 0.2) is 0 Å². The predicted molar refractivity (Wildman–Crippen MR) is 50.8 cm³/mol. The normalized spacial score (nSPS) is 13.8. The average molecular weight is 174 g/mol. The maximum absolute atomic E-state index is 10.4. The van der Waals surface area contributed by atoms with Gasteiger partial charge in [-0.25, -0.2) is 0 Å². The van der Waals surface area contributed by atoms with Crippen LogP contribution in [0.2, 0.25) is 0 Å². The highest BCUT2D eigenvalue weighted by atomic mass is 16.1. The molecule has 0 aromatic heterocycles. The molecule has 0 rings (SSSR count). The molecule has 0 spiro atoms. The van der Waals surface area contributed by atoms with Crippen LogP contribution in [0.25, 0.3) is 0 Å². The summed E-state index contributed by atoms with van der Waals surface area (Å²) in [6.45, 7) is 0.545. The van der Waals surface area contributed by atoms with Crippen LogP contribution in [0.15, 0.2) is 0 Å². The molecule has 72 valence electrons. The van der Waals surface area contributed by atoms with Gasteiger partial charge >= 0.3 is 0 Å². The van der Waals surface area contributed by atoms with E-state index in [-0.39, 0.29) is 6.54 Å². The van der Waals surface area contributed by atoms with Crippen LogP contribution in [0.1, 0.15) is 41.8 Å². The number of carbonyl (C=O) groups excluding carboxylic acids is 1. The van der Waals surface area contributed by atoms with Crippen molar-refractivity contribution < 1.29 is 7.54 Å². The lowest BCUT2D eigenvalue weighted by molar-refractivity contribution is -0.117. The van der Waals surface area contributed by atoms with Crippen LogP contribution in [0, 0.1) is 0 Å². The van der Waals surface area contributed by atoms with E-state index in [4.69, 9.17) is 8.48 Å². The van der Waals surface area contributed by atoms with E-state index in [2.05, 4.69) is 12.2 Å². The molecule has 0 atom stereocenters. The van der Waals surface area contributed by atoms with Crippen LogP contribution in [-0.2, 0) is 4.79 Å². The van der Waals surface area contributed by atoms with Crippen LogP contribution in [0.5, 0.6) is 0 Å². The summed E-state index contributed by atoms with van der Waals surface area (Å²) in [7, 11) is 0. The lowest BCUT2D eigenvalue weighted by atomic mass is 10.1. The number of nitrogens with two attached hydrogens (primary N) is 1. The van der Waals surface area contributed by atoms with Gasteiger partial charge in [0, 0.05) is 2.74 Å². The first kappa shape index (κ1) is 8.05. The van der Waals surface area contributed by atoms with E-state index in [9.17, 15) is 4.79 Å². The molecule has 0 aliphatic heterocycles. The highest BCUT2D eigenvalue weighted by Crippen LogP contribution is 2.00. The van der Waals surface area contributed by atoms with Gasteiger partial charge < -0.3 is 11.1 Å². The minimum absolute atomic E-state index is 0.0965. The summed E-state index contributed by atoms with van der Waals surface area (Å²) in [5, 5.41) is 2.49. The summed E-state index contributed by atoms with van der Waals surface area (Å²) in [6, 6.07) is 0. The molecule has 1 amide bonds. The Hall–Kier alpha value is -0.570. The Kier molecular flexibility index (Phi) is 5.72. The summed E-state index contributed by atoms with van der Waals surface area (Å²) in [6.07, 6.45) is 4.57. The lowest BCUT2D eigenvalue weighted by Gasteiger charge is -2.01. The predicted octanol–water partition coefficient (Wildman–Crippen LogP) is 1.03. The zero-order chi connectivity index (χ0) is 11.0. The van der Waals surface area contributed by atoms with Crippen LogP contribution in [0.3, 0.4) is 0 Å². The summed E-state index contributed by atoms with van der Waals surface area (Å²) >= 11 is 0. The molecule has 0 heterocycles. The van der Waals surface area contributed by atoms with Crippen molar-refractivity contribution in [1.82, 2.24) is 5.32 Å². The Labute approximate surface area is 77.5 Å². The second-order valence-electron chi connectivity index (χ2n) is 2.81. The average Bonchev–Trinajstić information content (AvgIpc) is 2.10. The minimum Gasteiger partial charge on any atom is -0.369 e. The Balaban J connectivity index is 3.55. The monoisotopic (exact) mass is 174 g/mol. The second kappa shape index (κ2) is 8.53. The summed E-state index contributed by atoms with van der Waals surface area (Å²) in [5.74, 6) is -0.526. The topological polar surface area (TPSA) is 55.1 Å². The molecule has 3 nitrogen and oxygen atoms in total. The molecule has 0 aliphatic rings. The Bertz CT molecular complexity index is 174. The summed E-state index contributed by atoms with van der Waals surface area (Å²) in [4.78, 5) is 10.4. The van der Waals surface area contributed by atoms with Crippen LogP contribution >= 0.6 is 0 Å². The smallest absolute Gasteiger partial charge is 0.231 e. The zero-order valence-corrected chi connectivity index (χ0v) is 7.73. The fourth-order valence-corrected chi connectivity index (χ4v) is 0.878. The number of hydrogen-bond donors (Lipinski definition) is 2. The SMILES string of the molecule is [2H]C([2H])(CCCCCC)NCC(N)=O. The van der Waals surface area contributed by atoms with Gasteiger partial charge in [0.05, 0.1) is 6.54 Å². The van der Waals surface area contributed by atoms with Gasteiger partial charge in [0.25, 0.3) is 0 Å². The third-order valence-corrected chi connectivity index (χ3v) is 1.54. The van der Waals surface area contributed by atoms with E-state index in [0.717, 1.165) is 25.7 Å². The minimum atomic E-state index is -1.47. The van der Waals surface area contributed by atoms with E-state index in [0.29, 0.717) is 6.42 Å². The molecule has 0 saturated heterocycles. The van der Waals surface area contributed by atoms with Crippen LogP contribution < -0.4 is 11.1 Å². The molecule has 0 aromatic rings. The van der Waals surface area contributed by atoms with Crippen molar-refractivity contribution in [2.24, 2.45) is 5.73 Å². The quantitative estimate of drug-likeness (QED) is 0.540. The van der Waals surface area contributed by atoms with E-state index in [1.165, 1.54) is 0 Å². The van der Waals surface area contributed by atoms with E-state index in [1.807, 2.05) is 0 Å². The number of nitrogens with one attached hydrogen (secondary N) is 1. The number of amides is 1. The highest BCUT2D eigenvalue weighted by molar-refractivity contribution is 5.75. The summed E-state index contributed by atoms with van der Waals surface area (Å²) < 4.78 is 15.0. The standard InChI is InChI=1S/C9H20N2O/c1-2-3-4-5-6-7-11-8-9(10)12/h11H,2-8H2,1H3,(H2,10,12)/i7D2. The molecule has 0 bridgehead atoms. The van der Waals surface area contributed by atoms with Crippen molar-refractivity contribution in [3.05, 3.63) is 0 Å². The Morgan fingerprint density at radius 1 is 1.42 bits per heavy atom. The molecule has 0 aliphatic carbocycles. The van der Waals surface area contributed by atoms with Crippen molar-refractivity contribution in [2.45, 2.75) is 39.0 Å². The van der Waals surface area contributed by atoms with Gasteiger partial charge in [-0.2, -0.15) is 0 Å². The maximum Gasteiger partial charge on any atom is 0.231 e. The molecule has 3 heteroatoms. The molecule has 3 N–H and O–H groups in total. The van der Waals surface area contributed by atoms with Gasteiger partial charge in [-0.15, -0.1) is 0 Å². The number of hydrogen-bond acceptors (Lipinski definition) is 2. The highest BCUT2D eigenvalue weighted by Gasteiger charge is 1.92. The summed E-state index contributed by atoms with van der Waals surface area (Å²) in [5.41, 5.74) is 4.91. The molecule has 12 heavy (non-hydrogen) atoms. The molecule has 0 fully saturated rings. The first-order valence-electron chi connectivity index (χ1n) is 5.51. The molecule has 0 radical (unpaired) electrons. The maximum atomic E-state index is 10.4. The fraction of sp³-hybridized carbons (Fsp3) is 0.889. The molecule has 0 aromatic carbocycles. The number of rotatable bonds is 8. The molecular weight excluding hydrogens is 152 g/mol. The third kappa shape index (κ3) is 9.43. The largest absolute Gasteiger partial charge is 0.369 e. The van der Waals surface area contributed by atoms with Crippen molar-refractivity contribution in [3.63, 3.8) is 0 Å². The first-order valence-corrected chi connectivity index (χ1v) is 4.51. The van der Waals surface area contributed by atoms with Gasteiger partial charge in [-0.1, -0.05) is 32.6 Å². The second-order valence-corrected chi connectivity index (χ2v) is 2.81. The lowest BCUT2D eigenvalue weighted by Crippen LogP contribution is -2.29. The molecular formula is C9H20N2O. The number of primary amides is 1. The first-order chi connectivity index (χ1) is 6.48. The van der Waals surface area contributed by atoms with E-state index in [1.54, 1.807) is 0 Å². The van der Waals surface area contributed by atoms with Crippen molar-refractivity contribution in [1.29, 1.82) is 0 Å². The Morgan fingerprint density at radius 3 is 2.67 bits per heavy atom. The van der Waals surface area contributed by atoms with Crippen LogP contribution in [0.4, 0.5) is 0 Å².